The third kappa shape index (κ3) is 4.73. The second kappa shape index (κ2) is 8.60. The second-order valence-electron chi connectivity index (χ2n) is 6.45. The van der Waals surface area contributed by atoms with E-state index in [-0.39, 0.29) is 0 Å². The summed E-state index contributed by atoms with van der Waals surface area (Å²) in [5.74, 6) is 2.99. The molecule has 144 valence electrons. The zero-order chi connectivity index (χ0) is 20.1. The molecule has 4 aromatic rings. The highest BCUT2D eigenvalue weighted by Crippen LogP contribution is 2.42. The molecule has 0 aliphatic heterocycles. The van der Waals surface area contributed by atoms with Crippen molar-refractivity contribution < 1.29 is 9.47 Å². The van der Waals surface area contributed by atoms with Gasteiger partial charge in [0.2, 0.25) is 0 Å². The van der Waals surface area contributed by atoms with Crippen molar-refractivity contribution in [2.45, 2.75) is 4.33 Å². The van der Waals surface area contributed by atoms with Crippen LogP contribution in [0.4, 0.5) is 0 Å². The van der Waals surface area contributed by atoms with E-state index in [1.165, 1.54) is 0 Å². The van der Waals surface area contributed by atoms with Gasteiger partial charge < -0.3 is 9.47 Å². The standard InChI is InChI=1S/C25H18Cl2O2/c26-25(27,19-11-15-23(16-12-19)28-21-7-3-1-4-8-21)20-13-17-24(18-14-20)29-22-9-5-2-6-10-22/h1-18H. The van der Waals surface area contributed by atoms with Crippen LogP contribution in [0, 0.1) is 0 Å². The molecule has 0 bridgehead atoms. The van der Waals surface area contributed by atoms with E-state index in [0.717, 1.165) is 34.1 Å². The van der Waals surface area contributed by atoms with E-state index in [9.17, 15) is 0 Å². The van der Waals surface area contributed by atoms with Gasteiger partial charge >= 0.3 is 0 Å². The number of hydrogen-bond donors (Lipinski definition) is 0. The first-order valence-corrected chi connectivity index (χ1v) is 9.91. The van der Waals surface area contributed by atoms with Gasteiger partial charge in [-0.15, -0.1) is 0 Å². The van der Waals surface area contributed by atoms with Gasteiger partial charge in [-0.2, -0.15) is 0 Å². The van der Waals surface area contributed by atoms with Crippen LogP contribution in [0.3, 0.4) is 0 Å². The molecule has 4 rings (SSSR count). The van der Waals surface area contributed by atoms with E-state index in [0.29, 0.717) is 0 Å². The Morgan fingerprint density at radius 1 is 0.414 bits per heavy atom. The Morgan fingerprint density at radius 3 is 1.07 bits per heavy atom. The third-order valence-electron chi connectivity index (χ3n) is 4.39. The first kappa shape index (κ1) is 19.4. The van der Waals surface area contributed by atoms with Crippen molar-refractivity contribution in [3.8, 4) is 23.0 Å². The molecule has 0 aromatic heterocycles. The van der Waals surface area contributed by atoms with Crippen LogP contribution < -0.4 is 9.47 Å². The van der Waals surface area contributed by atoms with Crippen molar-refractivity contribution in [3.05, 3.63) is 120 Å². The van der Waals surface area contributed by atoms with Crippen molar-refractivity contribution in [1.29, 1.82) is 0 Å². The Balaban J connectivity index is 1.48. The molecule has 0 N–H and O–H groups in total. The maximum absolute atomic E-state index is 6.70. The molecule has 0 saturated carbocycles. The van der Waals surface area contributed by atoms with Crippen molar-refractivity contribution in [3.63, 3.8) is 0 Å². The Labute approximate surface area is 180 Å². The number of rotatable bonds is 6. The van der Waals surface area contributed by atoms with Crippen LogP contribution in [0.25, 0.3) is 0 Å². The van der Waals surface area contributed by atoms with Crippen LogP contribution in [-0.2, 0) is 4.33 Å². The zero-order valence-electron chi connectivity index (χ0n) is 15.5. The summed E-state index contributed by atoms with van der Waals surface area (Å²) < 4.78 is 10.5. The molecule has 4 aromatic carbocycles. The van der Waals surface area contributed by atoms with Gasteiger partial charge in [-0.3, -0.25) is 0 Å². The number of hydrogen-bond acceptors (Lipinski definition) is 2. The lowest BCUT2D eigenvalue weighted by molar-refractivity contribution is 0.482. The summed E-state index contributed by atoms with van der Waals surface area (Å²) in [6.07, 6.45) is 0. The van der Waals surface area contributed by atoms with Gasteiger partial charge in [-0.25, -0.2) is 0 Å². The minimum atomic E-state index is -1.18. The van der Waals surface area contributed by atoms with E-state index in [1.807, 2.05) is 109 Å². The summed E-state index contributed by atoms with van der Waals surface area (Å²) in [5.41, 5.74) is 1.52. The summed E-state index contributed by atoms with van der Waals surface area (Å²) in [6.45, 7) is 0. The van der Waals surface area contributed by atoms with Gasteiger partial charge in [0.25, 0.3) is 0 Å². The highest BCUT2D eigenvalue weighted by atomic mass is 35.5. The monoisotopic (exact) mass is 420 g/mol. The smallest absolute Gasteiger partial charge is 0.168 e. The van der Waals surface area contributed by atoms with Crippen LogP contribution in [0.15, 0.2) is 109 Å². The Bertz CT molecular complexity index is 958. The number of alkyl halides is 2. The van der Waals surface area contributed by atoms with E-state index >= 15 is 0 Å². The third-order valence-corrected chi connectivity index (χ3v) is 5.26. The van der Waals surface area contributed by atoms with Gasteiger partial charge in [-0.05, 0) is 59.7 Å². The van der Waals surface area contributed by atoms with Crippen LogP contribution in [0.5, 0.6) is 23.0 Å². The minimum absolute atomic E-state index is 0.718. The van der Waals surface area contributed by atoms with Crippen LogP contribution in [-0.4, -0.2) is 0 Å². The summed E-state index contributed by atoms with van der Waals surface area (Å²) in [4.78, 5) is 0. The van der Waals surface area contributed by atoms with Gasteiger partial charge in [0.05, 0.1) is 0 Å². The van der Waals surface area contributed by atoms with Gasteiger partial charge in [0, 0.05) is 0 Å². The molecule has 4 heteroatoms. The minimum Gasteiger partial charge on any atom is -0.457 e. The predicted octanol–water partition coefficient (Wildman–Crippen LogP) is 7.95. The van der Waals surface area contributed by atoms with Crippen molar-refractivity contribution in [2.24, 2.45) is 0 Å². The summed E-state index contributed by atoms with van der Waals surface area (Å²) in [5, 5.41) is 0. The lowest BCUT2D eigenvalue weighted by atomic mass is 10.0. The maximum atomic E-state index is 6.70. The molecular formula is C25H18Cl2O2. The predicted molar refractivity (Wildman–Crippen MR) is 118 cm³/mol. The van der Waals surface area contributed by atoms with E-state index in [2.05, 4.69) is 0 Å². The SMILES string of the molecule is ClC(Cl)(c1ccc(Oc2ccccc2)cc1)c1ccc(Oc2ccccc2)cc1. The Kier molecular flexibility index (Phi) is 5.75. The molecule has 0 unspecified atom stereocenters. The fourth-order valence-corrected chi connectivity index (χ4v) is 3.38. The molecule has 0 aliphatic rings. The first-order chi connectivity index (χ1) is 14.1. The molecule has 0 saturated heterocycles. The summed E-state index contributed by atoms with van der Waals surface area (Å²) in [6, 6.07) is 34.1. The van der Waals surface area contributed by atoms with Crippen LogP contribution in [0.2, 0.25) is 0 Å². The van der Waals surface area contributed by atoms with Gasteiger partial charge in [0.15, 0.2) is 4.33 Å². The second-order valence-corrected chi connectivity index (χ2v) is 7.78. The number of benzene rings is 4. The highest BCUT2D eigenvalue weighted by molar-refractivity contribution is 6.50. The fraction of sp³-hybridized carbons (Fsp3) is 0.0400. The number of halogens is 2. The topological polar surface area (TPSA) is 18.5 Å². The molecule has 0 spiro atoms. The average Bonchev–Trinajstić information content (AvgIpc) is 2.76. The van der Waals surface area contributed by atoms with Gasteiger partial charge in [0.1, 0.15) is 23.0 Å². The normalized spacial score (nSPS) is 11.1. The van der Waals surface area contributed by atoms with E-state index in [4.69, 9.17) is 32.7 Å². The number of para-hydroxylation sites is 2. The summed E-state index contributed by atoms with van der Waals surface area (Å²) in [7, 11) is 0. The van der Waals surface area contributed by atoms with E-state index in [1.54, 1.807) is 0 Å². The van der Waals surface area contributed by atoms with Crippen molar-refractivity contribution in [1.82, 2.24) is 0 Å². The quantitative estimate of drug-likeness (QED) is 0.294. The molecule has 2 nitrogen and oxygen atoms in total. The Morgan fingerprint density at radius 2 is 0.724 bits per heavy atom. The largest absolute Gasteiger partial charge is 0.457 e. The highest BCUT2D eigenvalue weighted by Gasteiger charge is 2.29. The molecule has 0 radical (unpaired) electrons. The van der Waals surface area contributed by atoms with Crippen LogP contribution >= 0.6 is 23.2 Å². The Hall–Kier alpha value is -2.94. The molecule has 0 amide bonds. The molecule has 29 heavy (non-hydrogen) atoms. The lowest BCUT2D eigenvalue weighted by Crippen LogP contribution is -2.12. The molecule has 0 heterocycles. The molecule has 0 atom stereocenters. The van der Waals surface area contributed by atoms with Crippen molar-refractivity contribution >= 4 is 23.2 Å². The number of ether oxygens (including phenoxy) is 2. The first-order valence-electron chi connectivity index (χ1n) is 9.16. The van der Waals surface area contributed by atoms with E-state index < -0.39 is 4.33 Å². The lowest BCUT2D eigenvalue weighted by Gasteiger charge is -2.21. The molecule has 0 fully saturated rings. The average molecular weight is 421 g/mol. The summed E-state index contributed by atoms with van der Waals surface area (Å²) >= 11 is 13.4. The van der Waals surface area contributed by atoms with Crippen molar-refractivity contribution in [2.75, 3.05) is 0 Å². The maximum Gasteiger partial charge on any atom is 0.168 e. The molecular weight excluding hydrogens is 403 g/mol. The fourth-order valence-electron chi connectivity index (χ4n) is 2.88. The van der Waals surface area contributed by atoms with Gasteiger partial charge in [-0.1, -0.05) is 83.9 Å². The van der Waals surface area contributed by atoms with Crippen LogP contribution in [0.1, 0.15) is 11.1 Å². The molecule has 0 aliphatic carbocycles. The zero-order valence-corrected chi connectivity index (χ0v) is 17.0.